The van der Waals surface area contributed by atoms with E-state index in [1.165, 1.54) is 0 Å². The third-order valence-corrected chi connectivity index (χ3v) is 6.20. The number of amides is 1. The molecule has 0 aliphatic heterocycles. The highest BCUT2D eigenvalue weighted by Crippen LogP contribution is 2.20. The summed E-state index contributed by atoms with van der Waals surface area (Å²) in [4.78, 5) is 12.8. The van der Waals surface area contributed by atoms with Crippen molar-refractivity contribution in [1.82, 2.24) is 0 Å². The SMILES string of the molecule is NC(=O)[C@@H](OCc1ccccc1)[C@H](OCc1ccccc1)[C@@H](COCc1ccccc1)OCc1ccccc1. The maximum Gasteiger partial charge on any atom is 0.249 e. The molecular formula is C33H35NO5. The van der Waals surface area contributed by atoms with Crippen molar-refractivity contribution >= 4 is 5.91 Å². The van der Waals surface area contributed by atoms with Gasteiger partial charge in [-0.1, -0.05) is 121 Å². The lowest BCUT2D eigenvalue weighted by Crippen LogP contribution is -2.50. The van der Waals surface area contributed by atoms with Crippen molar-refractivity contribution in [3.05, 3.63) is 144 Å². The Morgan fingerprint density at radius 2 is 0.923 bits per heavy atom. The maximum atomic E-state index is 12.8. The lowest BCUT2D eigenvalue weighted by Gasteiger charge is -2.32. The van der Waals surface area contributed by atoms with E-state index in [-0.39, 0.29) is 19.8 Å². The number of carbonyl (C=O) groups excluding carboxylic acids is 1. The number of carbonyl (C=O) groups is 1. The molecule has 39 heavy (non-hydrogen) atoms. The van der Waals surface area contributed by atoms with Crippen LogP contribution < -0.4 is 5.73 Å². The minimum Gasteiger partial charge on any atom is -0.374 e. The molecule has 2 N–H and O–H groups in total. The molecule has 6 heteroatoms. The zero-order valence-corrected chi connectivity index (χ0v) is 21.9. The second-order valence-electron chi connectivity index (χ2n) is 9.22. The van der Waals surface area contributed by atoms with Crippen LogP contribution in [0.25, 0.3) is 0 Å². The molecule has 0 aromatic heterocycles. The van der Waals surface area contributed by atoms with Crippen LogP contribution in [0.3, 0.4) is 0 Å². The predicted octanol–water partition coefficient (Wildman–Crippen LogP) is 5.44. The molecule has 4 rings (SSSR count). The van der Waals surface area contributed by atoms with Crippen molar-refractivity contribution in [2.75, 3.05) is 6.61 Å². The first-order valence-corrected chi connectivity index (χ1v) is 13.1. The lowest BCUT2D eigenvalue weighted by molar-refractivity contribution is -0.176. The number of hydrogen-bond donors (Lipinski definition) is 1. The number of nitrogens with two attached hydrogens (primary N) is 1. The second kappa shape index (κ2) is 15.6. The Morgan fingerprint density at radius 1 is 0.538 bits per heavy atom. The number of rotatable bonds is 16. The summed E-state index contributed by atoms with van der Waals surface area (Å²) in [6.07, 6.45) is -2.51. The average molecular weight is 526 g/mol. The molecule has 4 aromatic carbocycles. The molecule has 0 heterocycles. The van der Waals surface area contributed by atoms with Gasteiger partial charge in [-0.2, -0.15) is 0 Å². The van der Waals surface area contributed by atoms with Crippen molar-refractivity contribution in [2.24, 2.45) is 5.73 Å². The molecule has 0 aliphatic carbocycles. The van der Waals surface area contributed by atoms with Gasteiger partial charge in [0, 0.05) is 0 Å². The van der Waals surface area contributed by atoms with Crippen LogP contribution in [-0.2, 0) is 50.2 Å². The smallest absolute Gasteiger partial charge is 0.249 e. The molecule has 3 atom stereocenters. The third kappa shape index (κ3) is 9.46. The van der Waals surface area contributed by atoms with Crippen LogP contribution in [0.1, 0.15) is 22.3 Å². The Hall–Kier alpha value is -3.81. The van der Waals surface area contributed by atoms with Crippen LogP contribution in [0.5, 0.6) is 0 Å². The van der Waals surface area contributed by atoms with E-state index in [1.54, 1.807) is 0 Å². The Labute approximate surface area is 230 Å². The predicted molar refractivity (Wildman–Crippen MR) is 150 cm³/mol. The average Bonchev–Trinajstić information content (AvgIpc) is 2.98. The molecule has 0 radical (unpaired) electrons. The molecule has 0 saturated heterocycles. The van der Waals surface area contributed by atoms with Crippen LogP contribution in [0.2, 0.25) is 0 Å². The van der Waals surface area contributed by atoms with E-state index in [2.05, 4.69) is 0 Å². The quantitative estimate of drug-likeness (QED) is 0.211. The molecule has 0 unspecified atom stereocenters. The summed E-state index contributed by atoms with van der Waals surface area (Å²) in [5, 5.41) is 0. The highest BCUT2D eigenvalue weighted by atomic mass is 16.6. The zero-order valence-electron chi connectivity index (χ0n) is 21.9. The Bertz CT molecular complexity index is 1220. The lowest BCUT2D eigenvalue weighted by atomic mass is 10.1. The topological polar surface area (TPSA) is 80.0 Å². The fourth-order valence-corrected chi connectivity index (χ4v) is 4.14. The van der Waals surface area contributed by atoms with Gasteiger partial charge < -0.3 is 24.7 Å². The van der Waals surface area contributed by atoms with Crippen molar-refractivity contribution in [1.29, 1.82) is 0 Å². The van der Waals surface area contributed by atoms with Gasteiger partial charge in [0.15, 0.2) is 6.10 Å². The molecule has 0 aliphatic rings. The van der Waals surface area contributed by atoms with Crippen molar-refractivity contribution < 1.29 is 23.7 Å². The van der Waals surface area contributed by atoms with Gasteiger partial charge in [-0.3, -0.25) is 4.79 Å². The molecule has 0 spiro atoms. The number of ether oxygens (including phenoxy) is 4. The standard InChI is InChI=1S/C33H35NO5/c34-33(35)32(39-24-29-19-11-4-12-20-29)31(38-23-28-17-9-3-10-18-28)30(37-22-27-15-7-2-8-16-27)25-36-21-26-13-5-1-6-14-26/h1-20,30-32H,21-25H2,(H2,34,35)/t30-,31-,32+/m1/s1. The highest BCUT2D eigenvalue weighted by molar-refractivity contribution is 5.79. The first-order valence-electron chi connectivity index (χ1n) is 13.1. The third-order valence-electron chi connectivity index (χ3n) is 6.20. The van der Waals surface area contributed by atoms with Crippen molar-refractivity contribution in [3.8, 4) is 0 Å². The number of primary amides is 1. The fourth-order valence-electron chi connectivity index (χ4n) is 4.14. The second-order valence-corrected chi connectivity index (χ2v) is 9.22. The minimum absolute atomic E-state index is 0.180. The van der Waals surface area contributed by atoms with Gasteiger partial charge in [-0.15, -0.1) is 0 Å². The summed E-state index contributed by atoms with van der Waals surface area (Å²) >= 11 is 0. The van der Waals surface area contributed by atoms with E-state index < -0.39 is 24.2 Å². The van der Waals surface area contributed by atoms with Crippen LogP contribution in [0, 0.1) is 0 Å². The minimum atomic E-state index is -1.06. The van der Waals surface area contributed by atoms with E-state index in [0.29, 0.717) is 13.2 Å². The van der Waals surface area contributed by atoms with E-state index in [1.807, 2.05) is 121 Å². The maximum absolute atomic E-state index is 12.8. The fraction of sp³-hybridized carbons (Fsp3) is 0.242. The van der Waals surface area contributed by atoms with Gasteiger partial charge in [-0.05, 0) is 22.3 Å². The molecule has 202 valence electrons. The molecule has 4 aromatic rings. The summed E-state index contributed by atoms with van der Waals surface area (Å²) in [6.45, 7) is 1.35. The molecule has 0 bridgehead atoms. The molecule has 0 saturated carbocycles. The monoisotopic (exact) mass is 525 g/mol. The summed E-state index contributed by atoms with van der Waals surface area (Å²) in [5.41, 5.74) is 9.81. The normalized spacial score (nSPS) is 13.4. The number of hydrogen-bond acceptors (Lipinski definition) is 5. The number of benzene rings is 4. The van der Waals surface area contributed by atoms with Gasteiger partial charge in [0.1, 0.15) is 12.2 Å². The first-order chi connectivity index (χ1) is 19.2. The van der Waals surface area contributed by atoms with Gasteiger partial charge in [-0.25, -0.2) is 0 Å². The summed E-state index contributed by atoms with van der Waals surface area (Å²) in [7, 11) is 0. The molecule has 1 amide bonds. The zero-order chi connectivity index (χ0) is 27.1. The van der Waals surface area contributed by atoms with Crippen molar-refractivity contribution in [2.45, 2.75) is 44.7 Å². The highest BCUT2D eigenvalue weighted by Gasteiger charge is 2.36. The van der Waals surface area contributed by atoms with Gasteiger partial charge in [0.2, 0.25) is 5.91 Å². The van der Waals surface area contributed by atoms with E-state index >= 15 is 0 Å². The Balaban J connectivity index is 1.55. The Kier molecular flexibility index (Phi) is 11.3. The van der Waals surface area contributed by atoms with Gasteiger partial charge in [0.25, 0.3) is 0 Å². The summed E-state index contributed by atoms with van der Waals surface area (Å²) < 4.78 is 24.9. The van der Waals surface area contributed by atoms with Crippen LogP contribution >= 0.6 is 0 Å². The van der Waals surface area contributed by atoms with Gasteiger partial charge in [0.05, 0.1) is 33.0 Å². The summed E-state index contributed by atoms with van der Waals surface area (Å²) in [6, 6.07) is 39.1. The molecular weight excluding hydrogens is 490 g/mol. The summed E-state index contributed by atoms with van der Waals surface area (Å²) in [5.74, 6) is -0.625. The van der Waals surface area contributed by atoms with Crippen molar-refractivity contribution in [3.63, 3.8) is 0 Å². The van der Waals surface area contributed by atoms with E-state index in [9.17, 15) is 4.79 Å². The van der Waals surface area contributed by atoms with Crippen LogP contribution in [0.15, 0.2) is 121 Å². The molecule has 6 nitrogen and oxygen atoms in total. The molecule has 0 fully saturated rings. The largest absolute Gasteiger partial charge is 0.374 e. The first kappa shape index (κ1) is 28.2. The van der Waals surface area contributed by atoms with E-state index in [4.69, 9.17) is 24.7 Å². The van der Waals surface area contributed by atoms with Gasteiger partial charge >= 0.3 is 0 Å². The van der Waals surface area contributed by atoms with Crippen LogP contribution in [0.4, 0.5) is 0 Å². The Morgan fingerprint density at radius 3 is 1.36 bits per heavy atom. The van der Waals surface area contributed by atoms with E-state index in [0.717, 1.165) is 22.3 Å². The van der Waals surface area contributed by atoms with Crippen LogP contribution in [-0.4, -0.2) is 30.8 Å².